The van der Waals surface area contributed by atoms with E-state index in [0.717, 1.165) is 29.5 Å². The minimum absolute atomic E-state index is 0.0203. The van der Waals surface area contributed by atoms with Crippen LogP contribution in [-0.4, -0.2) is 43.8 Å². The first-order chi connectivity index (χ1) is 17.5. The smallest absolute Gasteiger partial charge is 0.417 e. The molecule has 2 aromatic rings. The highest BCUT2D eigenvalue weighted by Crippen LogP contribution is 2.29. The maximum Gasteiger partial charge on any atom is 0.417 e. The highest BCUT2D eigenvalue weighted by Gasteiger charge is 2.30. The van der Waals surface area contributed by atoms with E-state index in [-0.39, 0.29) is 24.3 Å². The van der Waals surface area contributed by atoms with Gasteiger partial charge in [0, 0.05) is 39.0 Å². The van der Waals surface area contributed by atoms with Crippen molar-refractivity contribution >= 4 is 23.7 Å². The van der Waals surface area contributed by atoms with Crippen LogP contribution in [0.1, 0.15) is 44.4 Å². The fraction of sp³-hybridized carbons (Fsp3) is 0.333. The lowest BCUT2D eigenvalue weighted by atomic mass is 10.1. The summed E-state index contributed by atoms with van der Waals surface area (Å²) in [5.41, 5.74) is 2.46. The van der Waals surface area contributed by atoms with Gasteiger partial charge in [-0.05, 0) is 29.7 Å². The number of aromatic nitrogens is 1. The summed E-state index contributed by atoms with van der Waals surface area (Å²) >= 11 is 0. The Balaban J connectivity index is 0.00000334. The van der Waals surface area contributed by atoms with Crippen molar-refractivity contribution in [2.75, 3.05) is 20.8 Å². The summed E-state index contributed by atoms with van der Waals surface area (Å²) in [6, 6.07) is 9.45. The summed E-state index contributed by atoms with van der Waals surface area (Å²) in [4.78, 5) is 23.3. The van der Waals surface area contributed by atoms with Crippen LogP contribution in [0.4, 0.5) is 13.2 Å². The lowest BCUT2D eigenvalue weighted by molar-refractivity contribution is -0.137. The van der Waals surface area contributed by atoms with Gasteiger partial charge in [-0.2, -0.15) is 13.2 Å². The zero-order valence-corrected chi connectivity index (χ0v) is 21.9. The minimum atomic E-state index is -4.47. The van der Waals surface area contributed by atoms with Crippen LogP contribution in [0.5, 0.6) is 5.88 Å². The third kappa shape index (κ3) is 10.3. The average molecular weight is 519 g/mol. The molecule has 0 fully saturated rings. The maximum atomic E-state index is 12.7. The average Bonchev–Trinajstić information content (AvgIpc) is 2.89. The number of rotatable bonds is 9. The van der Waals surface area contributed by atoms with Crippen molar-refractivity contribution in [3.05, 3.63) is 77.0 Å². The molecule has 2 rings (SSSR count). The van der Waals surface area contributed by atoms with Crippen molar-refractivity contribution in [1.29, 1.82) is 0 Å². The van der Waals surface area contributed by atoms with Gasteiger partial charge >= 0.3 is 6.18 Å². The number of aliphatic imine (C=N–C) groups is 2. The van der Waals surface area contributed by atoms with E-state index in [1.54, 1.807) is 20.2 Å². The van der Waals surface area contributed by atoms with Gasteiger partial charge in [-0.25, -0.2) is 9.98 Å². The number of halogens is 3. The number of ether oxygens (including phenoxy) is 2. The van der Waals surface area contributed by atoms with Gasteiger partial charge in [0.1, 0.15) is 6.61 Å². The van der Waals surface area contributed by atoms with Gasteiger partial charge in [-0.1, -0.05) is 44.7 Å². The van der Waals surface area contributed by atoms with Crippen LogP contribution in [0.3, 0.4) is 0 Å². The molecule has 0 saturated carbocycles. The van der Waals surface area contributed by atoms with Crippen molar-refractivity contribution in [1.82, 2.24) is 10.3 Å². The first kappa shape index (κ1) is 31.1. The van der Waals surface area contributed by atoms with Gasteiger partial charge in [-0.3, -0.25) is 9.79 Å². The summed E-state index contributed by atoms with van der Waals surface area (Å²) in [5.74, 6) is 0.174. The van der Waals surface area contributed by atoms with Gasteiger partial charge in [0.15, 0.2) is 0 Å². The predicted octanol–water partition coefficient (Wildman–Crippen LogP) is 5.87. The van der Waals surface area contributed by atoms with E-state index in [0.29, 0.717) is 23.4 Å². The Kier molecular flexibility index (Phi) is 12.8. The zero-order chi connectivity index (χ0) is 28.0. The lowest BCUT2D eigenvalue weighted by Gasteiger charge is -2.13. The van der Waals surface area contributed by atoms with E-state index in [2.05, 4.69) is 26.9 Å². The quantitative estimate of drug-likeness (QED) is 0.332. The number of amides is 1. The standard InChI is InChI=1S/C25H27F3N4O3.C2H6/c1-16(15-35-23-11-10-21(13-31-23)25(26,27)28)22(14-29-4)24(34-5)32-17(2)20-8-6-19(7-9-20)12-30-18(3)33;1-2/h6-11,13-14H,2,12,15H2,1,3-5H3,(H,30,33);1-2H3/b22-16-,29-14?,32-24?;. The van der Waals surface area contributed by atoms with Crippen molar-refractivity contribution in [3.8, 4) is 5.88 Å². The summed E-state index contributed by atoms with van der Waals surface area (Å²) in [5, 5.41) is 2.73. The van der Waals surface area contributed by atoms with Crippen LogP contribution in [0.25, 0.3) is 5.70 Å². The summed E-state index contributed by atoms with van der Waals surface area (Å²) in [6.07, 6.45) is -2.20. The van der Waals surface area contributed by atoms with E-state index in [1.165, 1.54) is 14.0 Å². The molecule has 37 heavy (non-hydrogen) atoms. The Bertz CT molecular complexity index is 1120. The number of hydrogen-bond acceptors (Lipinski definition) is 6. The Morgan fingerprint density at radius 3 is 2.27 bits per heavy atom. The highest BCUT2D eigenvalue weighted by atomic mass is 19.4. The SMILES string of the molecule is C=C(N=C(OC)/C(C=NC)=C(/C)COc1ccc(C(F)(F)F)cn1)c1ccc(CNC(C)=O)cc1.CC. The molecule has 0 unspecified atom stereocenters. The monoisotopic (exact) mass is 518 g/mol. The number of alkyl halides is 3. The second kappa shape index (κ2) is 15.2. The number of carbonyl (C=O) groups excluding carboxylic acids is 1. The molecule has 200 valence electrons. The summed E-state index contributed by atoms with van der Waals surface area (Å²) in [7, 11) is 3.04. The Morgan fingerprint density at radius 1 is 1.14 bits per heavy atom. The Labute approximate surface area is 215 Å². The molecule has 0 atom stereocenters. The van der Waals surface area contributed by atoms with E-state index < -0.39 is 11.7 Å². The molecule has 1 heterocycles. The fourth-order valence-electron chi connectivity index (χ4n) is 2.81. The number of pyridine rings is 1. The second-order valence-electron chi connectivity index (χ2n) is 7.43. The van der Waals surface area contributed by atoms with Gasteiger partial charge in [0.05, 0.1) is 23.9 Å². The maximum absolute atomic E-state index is 12.7. The number of hydrogen-bond donors (Lipinski definition) is 1. The number of carbonyl (C=O) groups is 1. The van der Waals surface area contributed by atoms with Crippen LogP contribution in [0, 0.1) is 0 Å². The first-order valence-electron chi connectivity index (χ1n) is 11.5. The molecule has 0 radical (unpaired) electrons. The molecule has 0 saturated heterocycles. The molecular weight excluding hydrogens is 485 g/mol. The fourth-order valence-corrected chi connectivity index (χ4v) is 2.81. The third-order valence-corrected chi connectivity index (χ3v) is 4.71. The predicted molar refractivity (Wildman–Crippen MR) is 141 cm³/mol. The molecule has 1 aromatic carbocycles. The summed E-state index contributed by atoms with van der Waals surface area (Å²) in [6.45, 7) is 11.7. The number of methoxy groups -OCH3 is 1. The van der Waals surface area contributed by atoms with E-state index in [4.69, 9.17) is 9.47 Å². The first-order valence-corrected chi connectivity index (χ1v) is 11.5. The normalized spacial score (nSPS) is 12.3. The largest absolute Gasteiger partial charge is 0.481 e. The van der Waals surface area contributed by atoms with Crippen LogP contribution in [0.15, 0.2) is 70.3 Å². The van der Waals surface area contributed by atoms with Gasteiger partial charge in [0.2, 0.25) is 17.7 Å². The van der Waals surface area contributed by atoms with Crippen LogP contribution in [0.2, 0.25) is 0 Å². The molecule has 10 heteroatoms. The van der Waals surface area contributed by atoms with Crippen molar-refractivity contribution < 1.29 is 27.4 Å². The molecule has 0 spiro atoms. The molecule has 0 aliphatic carbocycles. The zero-order valence-electron chi connectivity index (χ0n) is 21.9. The van der Waals surface area contributed by atoms with Gasteiger partial charge in [-0.15, -0.1) is 0 Å². The highest BCUT2D eigenvalue weighted by molar-refractivity contribution is 6.14. The van der Waals surface area contributed by atoms with E-state index in [1.807, 2.05) is 38.1 Å². The minimum Gasteiger partial charge on any atom is -0.481 e. The van der Waals surface area contributed by atoms with E-state index >= 15 is 0 Å². The third-order valence-electron chi connectivity index (χ3n) is 4.71. The lowest BCUT2D eigenvalue weighted by Crippen LogP contribution is -2.18. The van der Waals surface area contributed by atoms with Crippen molar-refractivity contribution in [2.24, 2.45) is 9.98 Å². The molecule has 1 amide bonds. The van der Waals surface area contributed by atoms with Gasteiger partial charge in [0.25, 0.3) is 0 Å². The molecule has 0 aliphatic rings. The van der Waals surface area contributed by atoms with Gasteiger partial charge < -0.3 is 14.8 Å². The second-order valence-corrected chi connectivity index (χ2v) is 7.43. The van der Waals surface area contributed by atoms with E-state index in [9.17, 15) is 18.0 Å². The molecule has 1 N–H and O–H groups in total. The Morgan fingerprint density at radius 2 is 1.78 bits per heavy atom. The number of benzene rings is 1. The van der Waals surface area contributed by atoms with Crippen molar-refractivity contribution in [3.63, 3.8) is 0 Å². The Hall–Kier alpha value is -3.95. The molecular formula is C27H33F3N4O3. The van der Waals surface area contributed by atoms with Crippen LogP contribution < -0.4 is 10.1 Å². The van der Waals surface area contributed by atoms with Crippen molar-refractivity contribution in [2.45, 2.75) is 40.4 Å². The van der Waals surface area contributed by atoms with Crippen LogP contribution >= 0.6 is 0 Å². The molecule has 0 aliphatic heterocycles. The number of nitrogens with zero attached hydrogens (tertiary/aromatic N) is 3. The molecule has 1 aromatic heterocycles. The molecule has 7 nitrogen and oxygen atoms in total. The van der Waals surface area contributed by atoms with Crippen LogP contribution in [-0.2, 0) is 22.3 Å². The topological polar surface area (TPSA) is 85.2 Å². The summed E-state index contributed by atoms with van der Waals surface area (Å²) < 4.78 is 49.1. The number of nitrogens with one attached hydrogen (secondary N) is 1. The molecule has 0 bridgehead atoms.